The quantitative estimate of drug-likeness (QED) is 0.139. The summed E-state index contributed by atoms with van der Waals surface area (Å²) in [6.45, 7) is 5.95. The van der Waals surface area contributed by atoms with Gasteiger partial charge in [0, 0.05) is 47.6 Å². The average Bonchev–Trinajstić information content (AvgIpc) is 3.45. The van der Waals surface area contributed by atoms with Crippen LogP contribution in [0.3, 0.4) is 0 Å². The molecular weight excluding hydrogens is 612 g/mol. The molecule has 0 radical (unpaired) electrons. The van der Waals surface area contributed by atoms with Gasteiger partial charge in [0.25, 0.3) is 5.91 Å². The molecule has 2 aromatic heterocycles. The molecule has 0 fully saturated rings. The molecule has 0 saturated carbocycles. The van der Waals surface area contributed by atoms with Crippen LogP contribution in [-0.4, -0.2) is 38.4 Å². The highest BCUT2D eigenvalue weighted by molar-refractivity contribution is 9.10. The highest BCUT2D eigenvalue weighted by atomic mass is 79.9. The molecule has 1 atom stereocenters. The Labute approximate surface area is 267 Å². The minimum absolute atomic E-state index is 0.0434. The van der Waals surface area contributed by atoms with E-state index < -0.39 is 0 Å². The zero-order chi connectivity index (χ0) is 30.9. The number of halogens is 1. The molecule has 222 valence electrons. The van der Waals surface area contributed by atoms with Crippen molar-refractivity contribution in [3.63, 3.8) is 0 Å². The number of pyridine rings is 1. The minimum atomic E-state index is -0.295. The summed E-state index contributed by atoms with van der Waals surface area (Å²) in [4.78, 5) is 25.7. The first-order valence-corrected chi connectivity index (χ1v) is 15.6. The number of carbonyl (C=O) groups excluding carboxylic acids is 1. The molecule has 44 heavy (non-hydrogen) atoms. The number of imidazole rings is 1. The molecule has 0 spiro atoms. The SMILES string of the molecule is CC(C)[C@H](c1nc(-c2cccc(Br)c2)cn1Cc1ccccc1)N(CCCNc1ncccc1C#N)C(=O)c1ccccc1. The molecule has 1 N–H and O–H groups in total. The second kappa shape index (κ2) is 14.6. The predicted molar refractivity (Wildman–Crippen MR) is 178 cm³/mol. The highest BCUT2D eigenvalue weighted by Crippen LogP contribution is 2.33. The lowest BCUT2D eigenvalue weighted by atomic mass is 9.99. The van der Waals surface area contributed by atoms with E-state index >= 15 is 0 Å². The minimum Gasteiger partial charge on any atom is -0.369 e. The number of aromatic nitrogens is 3. The second-order valence-corrected chi connectivity index (χ2v) is 11.9. The van der Waals surface area contributed by atoms with Gasteiger partial charge in [0.05, 0.1) is 17.3 Å². The molecule has 0 aliphatic heterocycles. The van der Waals surface area contributed by atoms with Crippen molar-refractivity contribution in [1.29, 1.82) is 5.26 Å². The smallest absolute Gasteiger partial charge is 0.254 e. The van der Waals surface area contributed by atoms with Crippen LogP contribution in [-0.2, 0) is 6.54 Å². The van der Waals surface area contributed by atoms with Crippen LogP contribution >= 0.6 is 15.9 Å². The van der Waals surface area contributed by atoms with E-state index in [0.717, 1.165) is 27.1 Å². The van der Waals surface area contributed by atoms with Crippen LogP contribution in [0.1, 0.15) is 53.6 Å². The van der Waals surface area contributed by atoms with Crippen molar-refractivity contribution in [3.8, 4) is 17.3 Å². The van der Waals surface area contributed by atoms with Crippen LogP contribution in [0, 0.1) is 17.2 Å². The molecule has 8 heteroatoms. The third-order valence-corrected chi connectivity index (χ3v) is 7.93. The summed E-state index contributed by atoms with van der Waals surface area (Å²) in [6.07, 6.45) is 4.41. The Bertz CT molecular complexity index is 1730. The van der Waals surface area contributed by atoms with E-state index in [1.807, 2.05) is 65.6 Å². The molecule has 1 amide bonds. The van der Waals surface area contributed by atoms with Crippen LogP contribution in [0.2, 0.25) is 0 Å². The van der Waals surface area contributed by atoms with Gasteiger partial charge in [0.2, 0.25) is 0 Å². The fourth-order valence-electron chi connectivity index (χ4n) is 5.36. The number of hydrogen-bond acceptors (Lipinski definition) is 5. The molecule has 5 aromatic rings. The Morgan fingerprint density at radius 1 is 1.00 bits per heavy atom. The molecule has 7 nitrogen and oxygen atoms in total. The molecule has 0 saturated heterocycles. The topological polar surface area (TPSA) is 86.8 Å². The first kappa shape index (κ1) is 30.7. The number of rotatable bonds is 12. The van der Waals surface area contributed by atoms with E-state index in [4.69, 9.17) is 4.98 Å². The van der Waals surface area contributed by atoms with Crippen molar-refractivity contribution in [2.45, 2.75) is 32.9 Å². The fraction of sp³-hybridized carbons (Fsp3) is 0.222. The van der Waals surface area contributed by atoms with Gasteiger partial charge >= 0.3 is 0 Å². The predicted octanol–water partition coefficient (Wildman–Crippen LogP) is 7.97. The number of benzene rings is 3. The Kier molecular flexibility index (Phi) is 10.2. The molecule has 0 aliphatic rings. The Balaban J connectivity index is 1.52. The monoisotopic (exact) mass is 646 g/mol. The Morgan fingerprint density at radius 3 is 2.45 bits per heavy atom. The number of nitrogens with one attached hydrogen (secondary N) is 1. The number of amides is 1. The van der Waals surface area contributed by atoms with Crippen LogP contribution in [0.25, 0.3) is 11.3 Å². The Morgan fingerprint density at radius 2 is 1.75 bits per heavy atom. The lowest BCUT2D eigenvalue weighted by Gasteiger charge is -2.35. The standard InChI is InChI=1S/C36H35BrN6O/c1-26(2)33(35-41-32(29-16-9-18-31(37)22-29)25-42(35)24-27-12-5-3-6-13-27)43(36(44)28-14-7-4-8-15-28)21-11-20-40-34-30(23-38)17-10-19-39-34/h3-10,12-19,22,25-26,33H,11,20-21,24H2,1-2H3,(H,39,40)/t33-/m1/s1. The largest absolute Gasteiger partial charge is 0.369 e. The Hall–Kier alpha value is -4.74. The summed E-state index contributed by atoms with van der Waals surface area (Å²) in [6, 6.07) is 33.2. The van der Waals surface area contributed by atoms with Gasteiger partial charge in [0.15, 0.2) is 0 Å². The second-order valence-electron chi connectivity index (χ2n) is 11.0. The zero-order valence-corrected chi connectivity index (χ0v) is 26.5. The van der Waals surface area contributed by atoms with Crippen molar-refractivity contribution in [2.75, 3.05) is 18.4 Å². The van der Waals surface area contributed by atoms with Gasteiger partial charge in [-0.15, -0.1) is 0 Å². The zero-order valence-electron chi connectivity index (χ0n) is 24.9. The van der Waals surface area contributed by atoms with Gasteiger partial charge in [0.1, 0.15) is 17.7 Å². The highest BCUT2D eigenvalue weighted by Gasteiger charge is 2.32. The maximum Gasteiger partial charge on any atom is 0.254 e. The van der Waals surface area contributed by atoms with E-state index in [1.54, 1.807) is 18.3 Å². The molecule has 3 aromatic carbocycles. The summed E-state index contributed by atoms with van der Waals surface area (Å²) >= 11 is 3.60. The van der Waals surface area contributed by atoms with Crippen LogP contribution in [0.5, 0.6) is 0 Å². The fourth-order valence-corrected chi connectivity index (χ4v) is 5.76. The number of nitrogens with zero attached hydrogens (tertiary/aromatic N) is 5. The summed E-state index contributed by atoms with van der Waals surface area (Å²) < 4.78 is 3.17. The number of nitriles is 1. The van der Waals surface area contributed by atoms with Gasteiger partial charge in [-0.1, -0.05) is 90.4 Å². The lowest BCUT2D eigenvalue weighted by Crippen LogP contribution is -2.40. The van der Waals surface area contributed by atoms with Crippen molar-refractivity contribution >= 4 is 27.7 Å². The third-order valence-electron chi connectivity index (χ3n) is 7.43. The van der Waals surface area contributed by atoms with E-state index in [2.05, 4.69) is 81.2 Å². The van der Waals surface area contributed by atoms with Crippen molar-refractivity contribution in [3.05, 3.63) is 136 Å². The van der Waals surface area contributed by atoms with E-state index in [9.17, 15) is 10.1 Å². The van der Waals surface area contributed by atoms with Gasteiger partial charge in [-0.25, -0.2) is 9.97 Å². The van der Waals surface area contributed by atoms with E-state index in [1.165, 1.54) is 0 Å². The molecule has 0 bridgehead atoms. The van der Waals surface area contributed by atoms with Crippen LogP contribution in [0.4, 0.5) is 5.82 Å². The van der Waals surface area contributed by atoms with Gasteiger partial charge < -0.3 is 14.8 Å². The maximum atomic E-state index is 14.2. The normalized spacial score (nSPS) is 11.6. The number of anilines is 1. The molecule has 0 unspecified atom stereocenters. The summed E-state index contributed by atoms with van der Waals surface area (Å²) in [5, 5.41) is 12.7. The first-order chi connectivity index (χ1) is 21.4. The van der Waals surface area contributed by atoms with Gasteiger partial charge in [-0.05, 0) is 54.3 Å². The lowest BCUT2D eigenvalue weighted by molar-refractivity contribution is 0.0605. The average molecular weight is 648 g/mol. The van der Waals surface area contributed by atoms with Crippen molar-refractivity contribution in [2.24, 2.45) is 5.92 Å². The summed E-state index contributed by atoms with van der Waals surface area (Å²) in [5.41, 5.74) is 4.14. The van der Waals surface area contributed by atoms with Crippen molar-refractivity contribution in [1.82, 2.24) is 19.4 Å². The molecular formula is C36H35BrN6O. The van der Waals surface area contributed by atoms with Gasteiger partial charge in [-0.2, -0.15) is 5.26 Å². The number of hydrogen-bond donors (Lipinski definition) is 1. The van der Waals surface area contributed by atoms with E-state index in [0.29, 0.717) is 43.0 Å². The van der Waals surface area contributed by atoms with Crippen molar-refractivity contribution < 1.29 is 4.79 Å². The summed E-state index contributed by atoms with van der Waals surface area (Å²) in [5.74, 6) is 1.42. The maximum absolute atomic E-state index is 14.2. The molecule has 5 rings (SSSR count). The van der Waals surface area contributed by atoms with Crippen LogP contribution in [0.15, 0.2) is 114 Å². The summed E-state index contributed by atoms with van der Waals surface area (Å²) in [7, 11) is 0. The van der Waals surface area contributed by atoms with Gasteiger partial charge in [-0.3, -0.25) is 4.79 Å². The molecule has 0 aliphatic carbocycles. The molecule has 2 heterocycles. The first-order valence-electron chi connectivity index (χ1n) is 14.8. The number of carbonyl (C=O) groups is 1. The van der Waals surface area contributed by atoms with E-state index in [-0.39, 0.29) is 17.9 Å². The van der Waals surface area contributed by atoms with Crippen LogP contribution < -0.4 is 5.32 Å². The third kappa shape index (κ3) is 7.42.